The summed E-state index contributed by atoms with van der Waals surface area (Å²) in [5, 5.41) is 9.81. The fraction of sp³-hybridized carbons (Fsp3) is 0.0909. The van der Waals surface area contributed by atoms with Gasteiger partial charge in [0.05, 0.1) is 10.9 Å². The first-order valence-electron chi connectivity index (χ1n) is 8.35. The van der Waals surface area contributed by atoms with Gasteiger partial charge in [0.2, 0.25) is 0 Å². The molecule has 3 rings (SSSR count). The van der Waals surface area contributed by atoms with Gasteiger partial charge in [0.15, 0.2) is 0 Å². The number of nitrogens with zero attached hydrogens (tertiary/aromatic N) is 3. The van der Waals surface area contributed by atoms with Gasteiger partial charge in [-0.2, -0.15) is 10.2 Å². The number of aryl methyl sites for hydroxylation is 1. The Hall–Kier alpha value is -4.16. The number of aromatic nitrogens is 2. The van der Waals surface area contributed by atoms with E-state index in [1.807, 2.05) is 13.0 Å². The van der Waals surface area contributed by atoms with Crippen LogP contribution < -0.4 is 10.3 Å². The van der Waals surface area contributed by atoms with Crippen LogP contribution in [0.1, 0.15) is 15.9 Å². The zero-order chi connectivity index (χ0) is 20.1. The van der Waals surface area contributed by atoms with Crippen molar-refractivity contribution in [2.24, 2.45) is 0 Å². The summed E-state index contributed by atoms with van der Waals surface area (Å²) >= 11 is 0. The minimum Gasteiger partial charge on any atom is -0.481 e. The maximum Gasteiger partial charge on any atom is 0.280 e. The van der Waals surface area contributed by atoms with E-state index in [-0.39, 0.29) is 12.2 Å². The number of carbonyl (C=O) groups excluding carboxylic acids is 1. The summed E-state index contributed by atoms with van der Waals surface area (Å²) in [5.74, 6) is 2.46. The number of hydrogen-bond acceptors (Lipinski definition) is 5. The van der Waals surface area contributed by atoms with Gasteiger partial charge >= 0.3 is 0 Å². The summed E-state index contributed by atoms with van der Waals surface area (Å²) in [6.07, 6.45) is 7.81. The normalized spacial score (nSPS) is 10.9. The molecular formula is C22H15N3O3. The Morgan fingerprint density at radius 3 is 2.82 bits per heavy atom. The SMILES string of the molecule is C#CCOc1ccc(/C=C(\C#N)C(=O)n2cnc(=O)c3ccccc32)cc1C. The quantitative estimate of drug-likeness (QED) is 0.401. The molecule has 28 heavy (non-hydrogen) atoms. The van der Waals surface area contributed by atoms with Crippen molar-refractivity contribution in [2.45, 2.75) is 6.92 Å². The number of hydrogen-bond donors (Lipinski definition) is 0. The predicted molar refractivity (Wildman–Crippen MR) is 106 cm³/mol. The van der Waals surface area contributed by atoms with Crippen LogP contribution in [0.2, 0.25) is 0 Å². The number of carbonyl (C=O) groups is 1. The van der Waals surface area contributed by atoms with E-state index in [4.69, 9.17) is 11.2 Å². The Labute approximate surface area is 161 Å². The summed E-state index contributed by atoms with van der Waals surface area (Å²) in [6, 6.07) is 13.8. The highest BCUT2D eigenvalue weighted by molar-refractivity contribution is 6.06. The molecule has 6 heteroatoms. The first kappa shape index (κ1) is 18.6. The lowest BCUT2D eigenvalue weighted by Gasteiger charge is -2.09. The molecule has 6 nitrogen and oxygen atoms in total. The number of nitriles is 1. The molecule has 136 valence electrons. The van der Waals surface area contributed by atoms with Crippen LogP contribution in [0.25, 0.3) is 17.0 Å². The van der Waals surface area contributed by atoms with Crippen LogP contribution in [-0.4, -0.2) is 22.1 Å². The monoisotopic (exact) mass is 369 g/mol. The Kier molecular flexibility index (Phi) is 5.34. The van der Waals surface area contributed by atoms with Crippen LogP contribution in [0, 0.1) is 30.6 Å². The second kappa shape index (κ2) is 8.03. The molecule has 0 spiro atoms. The average molecular weight is 369 g/mol. The number of para-hydroxylation sites is 1. The first-order valence-corrected chi connectivity index (χ1v) is 8.35. The second-order valence-corrected chi connectivity index (χ2v) is 5.93. The molecule has 0 saturated carbocycles. The molecule has 0 radical (unpaired) electrons. The molecule has 3 aromatic rings. The molecule has 0 unspecified atom stereocenters. The van der Waals surface area contributed by atoms with E-state index in [1.165, 1.54) is 10.6 Å². The number of terminal acetylenes is 1. The number of fused-ring (bicyclic) bond motifs is 1. The van der Waals surface area contributed by atoms with Gasteiger partial charge in [0.25, 0.3) is 11.5 Å². The minimum atomic E-state index is -0.573. The average Bonchev–Trinajstić information content (AvgIpc) is 2.71. The van der Waals surface area contributed by atoms with Crippen molar-refractivity contribution in [3.05, 3.63) is 75.8 Å². The fourth-order valence-corrected chi connectivity index (χ4v) is 2.75. The van der Waals surface area contributed by atoms with Gasteiger partial charge < -0.3 is 4.74 Å². The van der Waals surface area contributed by atoms with Crippen molar-refractivity contribution in [1.82, 2.24) is 9.55 Å². The van der Waals surface area contributed by atoms with Crippen molar-refractivity contribution < 1.29 is 9.53 Å². The summed E-state index contributed by atoms with van der Waals surface area (Å²) in [7, 11) is 0. The largest absolute Gasteiger partial charge is 0.481 e. The first-order chi connectivity index (χ1) is 13.5. The van der Waals surface area contributed by atoms with Gasteiger partial charge in [-0.3, -0.25) is 14.2 Å². The molecule has 0 atom stereocenters. The highest BCUT2D eigenvalue weighted by Gasteiger charge is 2.15. The third-order valence-electron chi connectivity index (χ3n) is 4.08. The third kappa shape index (κ3) is 3.67. The van der Waals surface area contributed by atoms with E-state index < -0.39 is 11.5 Å². The van der Waals surface area contributed by atoms with Gasteiger partial charge in [0.1, 0.15) is 30.3 Å². The molecule has 1 aromatic heterocycles. The van der Waals surface area contributed by atoms with Gasteiger partial charge in [-0.1, -0.05) is 24.1 Å². The Morgan fingerprint density at radius 2 is 2.11 bits per heavy atom. The molecule has 2 aromatic carbocycles. The molecule has 0 amide bonds. The number of benzene rings is 2. The molecular weight excluding hydrogens is 354 g/mol. The summed E-state index contributed by atoms with van der Waals surface area (Å²) < 4.78 is 6.62. The van der Waals surface area contributed by atoms with Gasteiger partial charge in [0, 0.05) is 0 Å². The summed E-state index contributed by atoms with van der Waals surface area (Å²) in [4.78, 5) is 28.5. The fourth-order valence-electron chi connectivity index (χ4n) is 2.75. The van der Waals surface area contributed by atoms with Crippen molar-refractivity contribution in [3.8, 4) is 24.2 Å². The topological polar surface area (TPSA) is 85.0 Å². The Morgan fingerprint density at radius 1 is 1.32 bits per heavy atom. The van der Waals surface area contributed by atoms with Crippen LogP contribution in [0.5, 0.6) is 5.75 Å². The lowest BCUT2D eigenvalue weighted by atomic mass is 10.1. The highest BCUT2D eigenvalue weighted by Crippen LogP contribution is 2.21. The van der Waals surface area contributed by atoms with Crippen LogP contribution in [0.15, 0.2) is 59.2 Å². The smallest absolute Gasteiger partial charge is 0.280 e. The van der Waals surface area contributed by atoms with E-state index >= 15 is 0 Å². The maximum absolute atomic E-state index is 12.9. The maximum atomic E-state index is 12.9. The van der Waals surface area contributed by atoms with E-state index in [0.29, 0.717) is 22.2 Å². The molecule has 0 saturated heterocycles. The van der Waals surface area contributed by atoms with Crippen molar-refractivity contribution >= 4 is 22.9 Å². The molecule has 0 aliphatic rings. The number of allylic oxidation sites excluding steroid dienone is 1. The van der Waals surface area contributed by atoms with Gasteiger partial charge in [-0.25, -0.2) is 0 Å². The number of rotatable bonds is 4. The third-order valence-corrected chi connectivity index (χ3v) is 4.08. The van der Waals surface area contributed by atoms with Crippen LogP contribution >= 0.6 is 0 Å². The zero-order valence-electron chi connectivity index (χ0n) is 15.0. The Bertz CT molecular complexity index is 1240. The van der Waals surface area contributed by atoms with Crippen molar-refractivity contribution in [3.63, 3.8) is 0 Å². The molecule has 0 N–H and O–H groups in total. The van der Waals surface area contributed by atoms with E-state index in [1.54, 1.807) is 42.5 Å². The second-order valence-electron chi connectivity index (χ2n) is 5.93. The number of ether oxygens (including phenoxy) is 1. The predicted octanol–water partition coefficient (Wildman–Crippen LogP) is 2.96. The van der Waals surface area contributed by atoms with Gasteiger partial charge in [-0.05, 0) is 48.4 Å². The molecule has 0 bridgehead atoms. The molecule has 0 aliphatic heterocycles. The lowest BCUT2D eigenvalue weighted by molar-refractivity contribution is 0.0964. The minimum absolute atomic E-state index is 0.0905. The highest BCUT2D eigenvalue weighted by atomic mass is 16.5. The summed E-state index contributed by atoms with van der Waals surface area (Å²) in [5.41, 5.74) is 1.36. The van der Waals surface area contributed by atoms with Crippen LogP contribution in [0.4, 0.5) is 0 Å². The standard InChI is InChI=1S/C22H15N3O3/c1-3-10-28-20-9-8-16(11-15(20)2)12-17(13-23)22(27)25-14-24-21(26)18-6-4-5-7-19(18)25/h1,4-9,11-12,14H,10H2,2H3/b17-12+. The zero-order valence-corrected chi connectivity index (χ0v) is 15.0. The lowest BCUT2D eigenvalue weighted by Crippen LogP contribution is -2.19. The van der Waals surface area contributed by atoms with E-state index in [0.717, 1.165) is 11.9 Å². The van der Waals surface area contributed by atoms with Crippen molar-refractivity contribution in [1.29, 1.82) is 5.26 Å². The molecule has 0 fully saturated rings. The Balaban J connectivity index is 2.01. The van der Waals surface area contributed by atoms with E-state index in [2.05, 4.69) is 10.9 Å². The molecule has 1 heterocycles. The van der Waals surface area contributed by atoms with Crippen molar-refractivity contribution in [2.75, 3.05) is 6.61 Å². The van der Waals surface area contributed by atoms with E-state index in [9.17, 15) is 14.9 Å². The molecule has 0 aliphatic carbocycles. The van der Waals surface area contributed by atoms with Crippen LogP contribution in [0.3, 0.4) is 0 Å². The summed E-state index contributed by atoms with van der Waals surface area (Å²) in [6.45, 7) is 2.00. The van der Waals surface area contributed by atoms with Crippen LogP contribution in [-0.2, 0) is 0 Å². The van der Waals surface area contributed by atoms with Gasteiger partial charge in [-0.15, -0.1) is 6.42 Å².